The van der Waals surface area contributed by atoms with Gasteiger partial charge in [0.05, 0.1) is 5.69 Å². The molecule has 1 N–H and O–H groups in total. The van der Waals surface area contributed by atoms with Gasteiger partial charge in [-0.2, -0.15) is 0 Å². The Morgan fingerprint density at radius 2 is 1.89 bits per heavy atom. The van der Waals surface area contributed by atoms with Crippen LogP contribution in [0, 0.1) is 5.82 Å². The van der Waals surface area contributed by atoms with Crippen molar-refractivity contribution in [2.45, 2.75) is 33.4 Å². The molecule has 6 rings (SSSR count). The molecule has 0 saturated heterocycles. The number of H-pyrrole nitrogens is 1. The second-order valence-corrected chi connectivity index (χ2v) is 9.25. The summed E-state index contributed by atoms with van der Waals surface area (Å²) in [6.07, 6.45) is 2.90. The van der Waals surface area contributed by atoms with E-state index in [1.807, 2.05) is 31.2 Å². The third kappa shape index (κ3) is 4.34. The molecule has 5 aromatic rings. The van der Waals surface area contributed by atoms with Gasteiger partial charge in [0.15, 0.2) is 5.82 Å². The molecule has 0 unspecified atom stereocenters. The summed E-state index contributed by atoms with van der Waals surface area (Å²) in [4.78, 5) is 19.1. The predicted molar refractivity (Wildman–Crippen MR) is 142 cm³/mol. The van der Waals surface area contributed by atoms with Gasteiger partial charge in [0.25, 0.3) is 0 Å². The van der Waals surface area contributed by atoms with Gasteiger partial charge in [-0.25, -0.2) is 14.2 Å². The smallest absolute Gasteiger partial charge is 0.439 e. The number of ether oxygens (including phenoxy) is 1. The minimum Gasteiger partial charge on any atom is -0.488 e. The van der Waals surface area contributed by atoms with Crippen LogP contribution in [0.5, 0.6) is 5.75 Å². The normalized spacial score (nSPS) is 13.9. The fourth-order valence-corrected chi connectivity index (χ4v) is 4.96. The standard InChI is InChI=1S/C30H25FN4O3/c1-3-27-32-25(20-7-5-4-6-8-20)16-35(27)15-19-9-11-23-21(13-19)17-37-26-14-22(31)10-12-24(26)28(23)18(2)29-33-30(36)38-34-29/h4-14,16H,3,15,17H2,1-2H3,(H,33,34,36)/b28-18+. The molecule has 0 saturated carbocycles. The van der Waals surface area contributed by atoms with Gasteiger partial charge in [0.1, 0.15) is 24.0 Å². The van der Waals surface area contributed by atoms with Crippen LogP contribution in [0.3, 0.4) is 0 Å². The molecule has 1 aliphatic heterocycles. The summed E-state index contributed by atoms with van der Waals surface area (Å²) >= 11 is 0. The van der Waals surface area contributed by atoms with Crippen molar-refractivity contribution in [3.63, 3.8) is 0 Å². The Morgan fingerprint density at radius 1 is 1.08 bits per heavy atom. The zero-order valence-electron chi connectivity index (χ0n) is 21.0. The molecule has 0 bridgehead atoms. The molecule has 38 heavy (non-hydrogen) atoms. The van der Waals surface area contributed by atoms with Gasteiger partial charge < -0.3 is 9.30 Å². The summed E-state index contributed by atoms with van der Waals surface area (Å²) in [6, 6.07) is 20.8. The number of aromatic amines is 1. The Bertz CT molecular complexity index is 1730. The summed E-state index contributed by atoms with van der Waals surface area (Å²) in [7, 11) is 0. The Hall–Kier alpha value is -4.72. The number of nitrogens with zero attached hydrogens (tertiary/aromatic N) is 3. The lowest BCUT2D eigenvalue weighted by atomic mass is 9.89. The highest BCUT2D eigenvalue weighted by Gasteiger charge is 2.24. The zero-order valence-corrected chi connectivity index (χ0v) is 21.0. The van der Waals surface area contributed by atoms with E-state index in [0.717, 1.165) is 51.3 Å². The van der Waals surface area contributed by atoms with Crippen molar-refractivity contribution in [1.29, 1.82) is 0 Å². The van der Waals surface area contributed by atoms with Crippen LogP contribution in [0.1, 0.15) is 47.8 Å². The number of rotatable bonds is 5. The Balaban J connectivity index is 1.43. The van der Waals surface area contributed by atoms with E-state index in [2.05, 4.69) is 52.1 Å². The van der Waals surface area contributed by atoms with Crippen molar-refractivity contribution in [3.8, 4) is 17.0 Å². The summed E-state index contributed by atoms with van der Waals surface area (Å²) in [5, 5.41) is 3.88. The quantitative estimate of drug-likeness (QED) is 0.322. The van der Waals surface area contributed by atoms with Gasteiger partial charge in [-0.3, -0.25) is 9.51 Å². The average Bonchev–Trinajstić information content (AvgIpc) is 3.51. The number of allylic oxidation sites excluding steroid dienone is 1. The summed E-state index contributed by atoms with van der Waals surface area (Å²) in [5.41, 5.74) is 7.19. The molecule has 8 heteroatoms. The van der Waals surface area contributed by atoms with Crippen molar-refractivity contribution < 1.29 is 13.7 Å². The predicted octanol–water partition coefficient (Wildman–Crippen LogP) is 5.85. The molecule has 0 atom stereocenters. The van der Waals surface area contributed by atoms with Crippen LogP contribution >= 0.6 is 0 Å². The highest BCUT2D eigenvalue weighted by atomic mass is 19.1. The monoisotopic (exact) mass is 508 g/mol. The molecule has 3 heterocycles. The lowest BCUT2D eigenvalue weighted by molar-refractivity contribution is 0.305. The molecule has 1 aliphatic rings. The molecule has 0 aliphatic carbocycles. The minimum atomic E-state index is -0.637. The average molecular weight is 509 g/mol. The number of hydrogen-bond donors (Lipinski definition) is 1. The molecule has 0 amide bonds. The minimum absolute atomic E-state index is 0.269. The SMILES string of the molecule is CCc1nc(-c2ccccc2)cn1Cc1ccc2c(c1)COc1cc(F)ccc1/C2=C(\C)c1noc(=O)[nH]1. The molecule has 0 radical (unpaired) electrons. The van der Waals surface area contributed by atoms with Gasteiger partial charge in [0.2, 0.25) is 0 Å². The van der Waals surface area contributed by atoms with Crippen LogP contribution in [0.4, 0.5) is 4.39 Å². The second-order valence-electron chi connectivity index (χ2n) is 9.25. The lowest BCUT2D eigenvalue weighted by Crippen LogP contribution is -2.05. The summed E-state index contributed by atoms with van der Waals surface area (Å²) in [5.74, 6) is 0.727. The molecule has 0 fully saturated rings. The Morgan fingerprint density at radius 3 is 2.66 bits per heavy atom. The fourth-order valence-electron chi connectivity index (χ4n) is 4.96. The topological polar surface area (TPSA) is 85.9 Å². The third-order valence-electron chi connectivity index (χ3n) is 6.80. The van der Waals surface area contributed by atoms with E-state index in [0.29, 0.717) is 23.7 Å². The molecular weight excluding hydrogens is 483 g/mol. The van der Waals surface area contributed by atoms with Crippen LogP contribution < -0.4 is 10.5 Å². The highest BCUT2D eigenvalue weighted by molar-refractivity contribution is 5.99. The van der Waals surface area contributed by atoms with Gasteiger partial charge >= 0.3 is 5.76 Å². The molecule has 2 aromatic heterocycles. The first-order valence-electron chi connectivity index (χ1n) is 12.4. The van der Waals surface area contributed by atoms with Crippen LogP contribution in [-0.2, 0) is 19.6 Å². The van der Waals surface area contributed by atoms with Gasteiger partial charge in [-0.05, 0) is 47.4 Å². The van der Waals surface area contributed by atoms with E-state index in [9.17, 15) is 9.18 Å². The van der Waals surface area contributed by atoms with E-state index in [-0.39, 0.29) is 12.4 Å². The van der Waals surface area contributed by atoms with E-state index >= 15 is 0 Å². The summed E-state index contributed by atoms with van der Waals surface area (Å²) in [6.45, 7) is 4.87. The molecular formula is C30H25FN4O3. The maximum Gasteiger partial charge on any atom is 0.439 e. The molecule has 190 valence electrons. The third-order valence-corrected chi connectivity index (χ3v) is 6.80. The van der Waals surface area contributed by atoms with E-state index < -0.39 is 5.76 Å². The number of benzene rings is 3. The maximum absolute atomic E-state index is 14.1. The highest BCUT2D eigenvalue weighted by Crippen LogP contribution is 2.41. The zero-order chi connectivity index (χ0) is 26.2. The van der Waals surface area contributed by atoms with Crippen LogP contribution in [0.15, 0.2) is 82.2 Å². The van der Waals surface area contributed by atoms with Crippen LogP contribution in [0.25, 0.3) is 22.4 Å². The molecule has 3 aromatic carbocycles. The van der Waals surface area contributed by atoms with E-state index in [1.165, 1.54) is 12.1 Å². The second kappa shape index (κ2) is 9.63. The number of halogens is 1. The van der Waals surface area contributed by atoms with Crippen molar-refractivity contribution >= 4 is 11.1 Å². The number of aromatic nitrogens is 4. The number of aryl methyl sites for hydroxylation is 1. The summed E-state index contributed by atoms with van der Waals surface area (Å²) < 4.78 is 27.1. The van der Waals surface area contributed by atoms with Crippen LogP contribution in [0.2, 0.25) is 0 Å². The number of imidazole rings is 1. The van der Waals surface area contributed by atoms with Crippen LogP contribution in [-0.4, -0.2) is 19.7 Å². The maximum atomic E-state index is 14.1. The van der Waals surface area contributed by atoms with Gasteiger partial charge in [0, 0.05) is 41.9 Å². The van der Waals surface area contributed by atoms with E-state index in [1.54, 1.807) is 6.07 Å². The number of nitrogens with one attached hydrogen (secondary N) is 1. The van der Waals surface area contributed by atoms with Crippen molar-refractivity contribution in [2.75, 3.05) is 0 Å². The first kappa shape index (κ1) is 23.7. The number of fused-ring (bicyclic) bond motifs is 2. The first-order chi connectivity index (χ1) is 18.5. The Kier molecular flexibility index (Phi) is 5.99. The van der Waals surface area contributed by atoms with Gasteiger partial charge in [-0.1, -0.05) is 54.5 Å². The van der Waals surface area contributed by atoms with Crippen molar-refractivity contribution in [2.24, 2.45) is 0 Å². The number of hydrogen-bond acceptors (Lipinski definition) is 5. The Labute approximate surface area is 218 Å². The van der Waals surface area contributed by atoms with Crippen molar-refractivity contribution in [3.05, 3.63) is 123 Å². The molecule has 0 spiro atoms. The largest absolute Gasteiger partial charge is 0.488 e. The fraction of sp³-hybridized carbons (Fsp3) is 0.167. The lowest BCUT2D eigenvalue weighted by Gasteiger charge is -2.15. The van der Waals surface area contributed by atoms with Gasteiger partial charge in [-0.15, -0.1) is 0 Å². The van der Waals surface area contributed by atoms with E-state index in [4.69, 9.17) is 14.2 Å². The van der Waals surface area contributed by atoms with Crippen molar-refractivity contribution in [1.82, 2.24) is 19.7 Å². The first-order valence-corrected chi connectivity index (χ1v) is 12.4. The molecule has 7 nitrogen and oxygen atoms in total.